The zero-order valence-electron chi connectivity index (χ0n) is 20.2. The van der Waals surface area contributed by atoms with Gasteiger partial charge in [0, 0.05) is 28.7 Å². The van der Waals surface area contributed by atoms with Crippen LogP contribution in [0.15, 0.2) is 57.1 Å². The van der Waals surface area contributed by atoms with Gasteiger partial charge < -0.3 is 19.8 Å². The van der Waals surface area contributed by atoms with Gasteiger partial charge in [-0.3, -0.25) is 9.59 Å². The Kier molecular flexibility index (Phi) is 6.80. The first-order chi connectivity index (χ1) is 17.6. The van der Waals surface area contributed by atoms with Crippen molar-refractivity contribution in [3.05, 3.63) is 86.3 Å². The molecule has 2 aliphatic rings. The van der Waals surface area contributed by atoms with Crippen LogP contribution in [0.1, 0.15) is 57.2 Å². The second-order valence-corrected chi connectivity index (χ2v) is 10.4. The molecule has 1 saturated heterocycles. The van der Waals surface area contributed by atoms with Crippen LogP contribution in [0.25, 0.3) is 0 Å². The number of aromatic nitrogens is 1. The molecule has 10 heteroatoms. The molecule has 2 aromatic carbocycles. The highest BCUT2D eigenvalue weighted by Crippen LogP contribution is 2.45. The van der Waals surface area contributed by atoms with Crippen molar-refractivity contribution >= 4 is 17.7 Å². The van der Waals surface area contributed by atoms with Crippen molar-refractivity contribution in [3.8, 4) is 5.75 Å². The lowest BCUT2D eigenvalue weighted by Gasteiger charge is -2.29. The third kappa shape index (κ3) is 5.26. The van der Waals surface area contributed by atoms with Crippen molar-refractivity contribution in [1.82, 2.24) is 10.3 Å². The first kappa shape index (κ1) is 25.4. The van der Waals surface area contributed by atoms with Crippen LogP contribution in [0, 0.1) is 13.8 Å². The van der Waals surface area contributed by atoms with Gasteiger partial charge in [0.2, 0.25) is 0 Å². The molecule has 5 rings (SSSR count). The molecule has 0 bridgehead atoms. The lowest BCUT2D eigenvalue weighted by molar-refractivity contribution is -0.143. The number of rotatable bonds is 4. The van der Waals surface area contributed by atoms with E-state index in [0.29, 0.717) is 26.1 Å². The average molecular weight is 531 g/mol. The fourth-order valence-electron chi connectivity index (χ4n) is 4.54. The summed E-state index contributed by atoms with van der Waals surface area (Å²) in [5.74, 6) is -1.36. The summed E-state index contributed by atoms with van der Waals surface area (Å²) < 4.78 is 52.0. The molecule has 0 spiro atoms. The van der Waals surface area contributed by atoms with E-state index >= 15 is 0 Å². The Morgan fingerprint density at radius 3 is 2.19 bits per heavy atom. The van der Waals surface area contributed by atoms with Gasteiger partial charge in [0.1, 0.15) is 17.4 Å². The number of aryl methyl sites for hydroxylation is 2. The highest BCUT2D eigenvalue weighted by atomic mass is 32.2. The van der Waals surface area contributed by atoms with Crippen molar-refractivity contribution in [3.63, 3.8) is 0 Å². The van der Waals surface area contributed by atoms with Crippen molar-refractivity contribution < 1.29 is 27.4 Å². The SMILES string of the molecule is Cc1ccc2c(c1)Sc1cc(C)ccc1C2NC(=O)c1cc(OC2CCOCC2)c(C(F)(F)F)[nH]c1=O. The molecule has 3 heterocycles. The summed E-state index contributed by atoms with van der Waals surface area (Å²) in [4.78, 5) is 29.9. The molecular formula is C27H25F3N2O4S. The smallest absolute Gasteiger partial charge is 0.435 e. The Balaban J connectivity index is 1.52. The van der Waals surface area contributed by atoms with Gasteiger partial charge in [-0.1, -0.05) is 36.0 Å². The number of H-pyrrole nitrogens is 1. The van der Waals surface area contributed by atoms with Gasteiger partial charge in [-0.25, -0.2) is 0 Å². The molecular weight excluding hydrogens is 505 g/mol. The average Bonchev–Trinajstić information content (AvgIpc) is 2.84. The minimum Gasteiger partial charge on any atom is -0.488 e. The van der Waals surface area contributed by atoms with Gasteiger partial charge in [0.15, 0.2) is 5.69 Å². The third-order valence-corrected chi connectivity index (χ3v) is 7.60. The highest BCUT2D eigenvalue weighted by molar-refractivity contribution is 7.99. The quantitative estimate of drug-likeness (QED) is 0.462. The van der Waals surface area contributed by atoms with Crippen LogP contribution < -0.4 is 15.6 Å². The molecule has 0 atom stereocenters. The molecule has 0 unspecified atom stereocenters. The van der Waals surface area contributed by atoms with E-state index in [1.54, 1.807) is 11.8 Å². The maximum absolute atomic E-state index is 13.7. The van der Waals surface area contributed by atoms with E-state index in [-0.39, 0.29) is 0 Å². The summed E-state index contributed by atoms with van der Waals surface area (Å²) >= 11 is 1.59. The number of carbonyl (C=O) groups excluding carboxylic acids is 1. The van der Waals surface area contributed by atoms with E-state index in [4.69, 9.17) is 9.47 Å². The van der Waals surface area contributed by atoms with Gasteiger partial charge in [-0.15, -0.1) is 0 Å². The van der Waals surface area contributed by atoms with Crippen molar-refractivity contribution in [1.29, 1.82) is 0 Å². The number of carbonyl (C=O) groups is 1. The zero-order chi connectivity index (χ0) is 26.3. The minimum atomic E-state index is -4.86. The lowest BCUT2D eigenvalue weighted by atomic mass is 9.95. The largest absolute Gasteiger partial charge is 0.488 e. The first-order valence-electron chi connectivity index (χ1n) is 11.9. The fraction of sp³-hybridized carbons (Fsp3) is 0.333. The number of benzene rings is 2. The molecule has 0 saturated carbocycles. The van der Waals surface area contributed by atoms with Crippen molar-refractivity contribution in [2.24, 2.45) is 0 Å². The van der Waals surface area contributed by atoms with Crippen LogP contribution in [-0.2, 0) is 10.9 Å². The van der Waals surface area contributed by atoms with E-state index in [9.17, 15) is 22.8 Å². The fourth-order valence-corrected chi connectivity index (χ4v) is 5.88. The molecule has 1 fully saturated rings. The topological polar surface area (TPSA) is 80.4 Å². The van der Waals surface area contributed by atoms with E-state index in [2.05, 4.69) is 5.32 Å². The number of amides is 1. The standard InChI is InChI=1S/C27H25F3N2O4S/c1-14-3-5-17-21(11-14)37-22-12-15(2)4-6-18(22)23(17)31-25(33)19-13-20(36-16-7-9-35-10-8-16)24(27(28,29)30)32-26(19)34/h3-6,11-13,16,23H,7-10H2,1-2H3,(H,31,33)(H,32,34). The summed E-state index contributed by atoms with van der Waals surface area (Å²) in [6.07, 6.45) is -4.56. The Bertz CT molecular complexity index is 1360. The summed E-state index contributed by atoms with van der Waals surface area (Å²) in [7, 11) is 0. The van der Waals surface area contributed by atoms with Gasteiger partial charge in [0.25, 0.3) is 11.5 Å². The van der Waals surface area contributed by atoms with Crippen LogP contribution in [0.2, 0.25) is 0 Å². The van der Waals surface area contributed by atoms with Crippen LogP contribution in [0.4, 0.5) is 13.2 Å². The van der Waals surface area contributed by atoms with Gasteiger partial charge in [0.05, 0.1) is 19.3 Å². The Morgan fingerprint density at radius 2 is 1.62 bits per heavy atom. The Morgan fingerprint density at radius 1 is 1.03 bits per heavy atom. The Hall–Kier alpha value is -3.24. The summed E-state index contributed by atoms with van der Waals surface area (Å²) in [5.41, 5.74) is 0.919. The second kappa shape index (κ2) is 9.90. The number of hydrogen-bond donors (Lipinski definition) is 2. The molecule has 6 nitrogen and oxygen atoms in total. The normalized spacial score (nSPS) is 16.1. The molecule has 0 aliphatic carbocycles. The summed E-state index contributed by atoms with van der Waals surface area (Å²) in [6, 6.07) is 12.1. The van der Waals surface area contributed by atoms with Crippen LogP contribution in [0.5, 0.6) is 5.75 Å². The molecule has 2 N–H and O–H groups in total. The number of hydrogen-bond acceptors (Lipinski definition) is 5. The van der Waals surface area contributed by atoms with Crippen molar-refractivity contribution in [2.75, 3.05) is 13.2 Å². The lowest BCUT2D eigenvalue weighted by Crippen LogP contribution is -2.36. The number of nitrogens with one attached hydrogen (secondary N) is 2. The van der Waals surface area contributed by atoms with E-state index in [1.165, 1.54) is 0 Å². The number of aromatic amines is 1. The summed E-state index contributed by atoms with van der Waals surface area (Å²) in [5, 5.41) is 2.89. The molecule has 1 amide bonds. The molecule has 0 radical (unpaired) electrons. The molecule has 3 aromatic rings. The summed E-state index contributed by atoms with van der Waals surface area (Å²) in [6.45, 7) is 4.67. The molecule has 194 valence electrons. The number of pyridine rings is 1. The maximum atomic E-state index is 13.7. The van der Waals surface area contributed by atoms with Crippen LogP contribution >= 0.6 is 11.8 Å². The van der Waals surface area contributed by atoms with Crippen LogP contribution in [0.3, 0.4) is 0 Å². The predicted molar refractivity (Wildman–Crippen MR) is 132 cm³/mol. The van der Waals surface area contributed by atoms with Crippen LogP contribution in [-0.4, -0.2) is 30.2 Å². The van der Waals surface area contributed by atoms with Crippen molar-refractivity contribution in [2.45, 2.75) is 54.8 Å². The number of alkyl halides is 3. The van der Waals surface area contributed by atoms with E-state index in [1.807, 2.05) is 55.2 Å². The molecule has 37 heavy (non-hydrogen) atoms. The number of halogens is 3. The van der Waals surface area contributed by atoms with E-state index in [0.717, 1.165) is 38.1 Å². The second-order valence-electron chi connectivity index (χ2n) is 9.27. The van der Waals surface area contributed by atoms with Gasteiger partial charge in [-0.05, 0) is 48.2 Å². The number of ether oxygens (including phenoxy) is 2. The molecule has 1 aromatic heterocycles. The minimum absolute atomic E-state index is 0.361. The van der Waals surface area contributed by atoms with E-state index < -0.39 is 46.8 Å². The highest BCUT2D eigenvalue weighted by Gasteiger charge is 2.38. The third-order valence-electron chi connectivity index (χ3n) is 6.45. The monoisotopic (exact) mass is 530 g/mol. The van der Waals surface area contributed by atoms with Gasteiger partial charge in [-0.2, -0.15) is 13.2 Å². The zero-order valence-corrected chi connectivity index (χ0v) is 21.0. The Labute approximate surface area is 215 Å². The first-order valence-corrected chi connectivity index (χ1v) is 12.7. The predicted octanol–water partition coefficient (Wildman–Crippen LogP) is 5.55. The van der Waals surface area contributed by atoms with Gasteiger partial charge >= 0.3 is 6.18 Å². The molecule has 2 aliphatic heterocycles. The number of fused-ring (bicyclic) bond motifs is 2. The maximum Gasteiger partial charge on any atom is 0.435 e.